The molecule has 0 aliphatic heterocycles. The van der Waals surface area contributed by atoms with Crippen molar-refractivity contribution < 1.29 is 19.4 Å². The van der Waals surface area contributed by atoms with E-state index in [1.807, 2.05) is 0 Å². The molecule has 0 saturated heterocycles. The average Bonchev–Trinajstić information content (AvgIpc) is 2.42. The fourth-order valence-corrected chi connectivity index (χ4v) is 1.48. The Hall–Kier alpha value is -2.24. The minimum atomic E-state index is -0.863. The summed E-state index contributed by atoms with van der Waals surface area (Å²) in [5.74, 6) is -0.142. The Morgan fingerprint density at radius 1 is 1.32 bits per heavy atom. The van der Waals surface area contributed by atoms with Gasteiger partial charge >= 0.3 is 12.0 Å². The number of aliphatic carboxylic acids is 1. The van der Waals surface area contributed by atoms with E-state index in [0.717, 1.165) is 11.4 Å². The van der Waals surface area contributed by atoms with Crippen LogP contribution >= 0.6 is 0 Å². The van der Waals surface area contributed by atoms with Gasteiger partial charge in [0.1, 0.15) is 5.75 Å². The Balaban J connectivity index is 2.44. The molecule has 0 radical (unpaired) electrons. The minimum absolute atomic E-state index is 0.0481. The Kier molecular flexibility index (Phi) is 5.66. The van der Waals surface area contributed by atoms with Crippen LogP contribution in [-0.4, -0.2) is 37.8 Å². The number of hydrogen-bond donors (Lipinski definition) is 2. The molecule has 0 atom stereocenters. The topological polar surface area (TPSA) is 78.9 Å². The summed E-state index contributed by atoms with van der Waals surface area (Å²) in [4.78, 5) is 23.6. The van der Waals surface area contributed by atoms with Crippen LogP contribution in [0.2, 0.25) is 0 Å². The van der Waals surface area contributed by atoms with Gasteiger partial charge in [0.2, 0.25) is 0 Å². The van der Waals surface area contributed by atoms with E-state index in [4.69, 9.17) is 9.84 Å². The Morgan fingerprint density at radius 2 is 1.95 bits per heavy atom. The van der Waals surface area contributed by atoms with Gasteiger partial charge in [-0.25, -0.2) is 4.79 Å². The fourth-order valence-electron chi connectivity index (χ4n) is 1.48. The molecule has 0 aliphatic rings. The Labute approximate surface area is 112 Å². The third-order valence-electron chi connectivity index (χ3n) is 2.61. The number of anilines is 1. The summed E-state index contributed by atoms with van der Waals surface area (Å²) in [6, 6.07) is 6.81. The maximum absolute atomic E-state index is 11.8. The van der Waals surface area contributed by atoms with E-state index in [-0.39, 0.29) is 12.5 Å². The molecular formula is C13H18N2O4. The van der Waals surface area contributed by atoms with Gasteiger partial charge in [0.25, 0.3) is 0 Å². The summed E-state index contributed by atoms with van der Waals surface area (Å²) in [7, 11) is 3.22. The normalized spacial score (nSPS) is 9.79. The van der Waals surface area contributed by atoms with Crippen molar-refractivity contribution in [3.8, 4) is 5.75 Å². The number of benzene rings is 1. The molecule has 1 aromatic rings. The lowest BCUT2D eigenvalue weighted by atomic mass is 10.3. The van der Waals surface area contributed by atoms with Crippen LogP contribution in [0.15, 0.2) is 24.3 Å². The lowest BCUT2D eigenvalue weighted by molar-refractivity contribution is -0.137. The number of urea groups is 1. The number of nitrogens with one attached hydrogen (secondary N) is 1. The SMILES string of the molecule is COc1ccc(N(C)C(=O)NCCCC(=O)O)cc1. The van der Waals surface area contributed by atoms with E-state index in [1.54, 1.807) is 38.4 Å². The second kappa shape index (κ2) is 7.25. The highest BCUT2D eigenvalue weighted by Gasteiger charge is 2.10. The highest BCUT2D eigenvalue weighted by molar-refractivity contribution is 5.91. The third-order valence-corrected chi connectivity index (χ3v) is 2.61. The predicted molar refractivity (Wildman–Crippen MR) is 71.7 cm³/mol. The average molecular weight is 266 g/mol. The number of carboxylic acids is 1. The predicted octanol–water partition coefficient (Wildman–Crippen LogP) is 1.71. The molecule has 0 unspecified atom stereocenters. The summed E-state index contributed by atoms with van der Waals surface area (Å²) < 4.78 is 5.04. The van der Waals surface area contributed by atoms with Crippen molar-refractivity contribution in [3.05, 3.63) is 24.3 Å². The summed E-state index contributed by atoms with van der Waals surface area (Å²) in [6.45, 7) is 0.339. The third kappa shape index (κ3) is 4.87. The molecule has 6 heteroatoms. The number of nitrogens with zero attached hydrogens (tertiary/aromatic N) is 1. The zero-order valence-corrected chi connectivity index (χ0v) is 11.0. The summed E-state index contributed by atoms with van der Waals surface area (Å²) in [5.41, 5.74) is 0.733. The Bertz CT molecular complexity index is 431. The number of carbonyl (C=O) groups excluding carboxylic acids is 1. The van der Waals surface area contributed by atoms with Crippen LogP contribution in [0.3, 0.4) is 0 Å². The monoisotopic (exact) mass is 266 g/mol. The molecule has 0 heterocycles. The molecule has 0 fully saturated rings. The first-order valence-corrected chi connectivity index (χ1v) is 5.92. The van der Waals surface area contributed by atoms with E-state index in [0.29, 0.717) is 13.0 Å². The largest absolute Gasteiger partial charge is 0.497 e. The van der Waals surface area contributed by atoms with Gasteiger partial charge in [-0.05, 0) is 30.7 Å². The zero-order chi connectivity index (χ0) is 14.3. The molecule has 2 amide bonds. The van der Waals surface area contributed by atoms with Crippen LogP contribution in [0.4, 0.5) is 10.5 Å². The van der Waals surface area contributed by atoms with E-state index in [1.165, 1.54) is 4.90 Å². The molecule has 19 heavy (non-hydrogen) atoms. The molecule has 0 spiro atoms. The molecule has 6 nitrogen and oxygen atoms in total. The molecule has 0 saturated carbocycles. The number of hydrogen-bond acceptors (Lipinski definition) is 3. The molecule has 0 aliphatic carbocycles. The van der Waals surface area contributed by atoms with Gasteiger partial charge in [-0.2, -0.15) is 0 Å². The maximum Gasteiger partial charge on any atom is 0.321 e. The van der Waals surface area contributed by atoms with Crippen molar-refractivity contribution in [2.75, 3.05) is 25.6 Å². The summed E-state index contributed by atoms with van der Waals surface area (Å²) >= 11 is 0. The van der Waals surface area contributed by atoms with Gasteiger partial charge in [-0.1, -0.05) is 0 Å². The first-order chi connectivity index (χ1) is 9.04. The standard InChI is InChI=1S/C13H18N2O4/c1-15(10-5-7-11(19-2)8-6-10)13(18)14-9-3-4-12(16)17/h5-8H,3-4,9H2,1-2H3,(H,14,18)(H,16,17). The molecule has 104 valence electrons. The highest BCUT2D eigenvalue weighted by atomic mass is 16.5. The Morgan fingerprint density at radius 3 is 2.47 bits per heavy atom. The quantitative estimate of drug-likeness (QED) is 0.768. The molecular weight excluding hydrogens is 248 g/mol. The van der Waals surface area contributed by atoms with Gasteiger partial charge in [0, 0.05) is 25.7 Å². The minimum Gasteiger partial charge on any atom is -0.497 e. The zero-order valence-electron chi connectivity index (χ0n) is 11.0. The van der Waals surface area contributed by atoms with Crippen LogP contribution < -0.4 is 15.0 Å². The second-order valence-electron chi connectivity index (χ2n) is 3.99. The van der Waals surface area contributed by atoms with E-state index >= 15 is 0 Å². The van der Waals surface area contributed by atoms with Gasteiger partial charge in [-0.3, -0.25) is 9.69 Å². The van der Waals surface area contributed by atoms with Crippen LogP contribution in [0, 0.1) is 0 Å². The van der Waals surface area contributed by atoms with E-state index < -0.39 is 5.97 Å². The molecule has 1 rings (SSSR count). The number of carbonyl (C=O) groups is 2. The maximum atomic E-state index is 11.8. The van der Waals surface area contributed by atoms with Gasteiger partial charge in [0.15, 0.2) is 0 Å². The van der Waals surface area contributed by atoms with Crippen molar-refractivity contribution in [1.29, 1.82) is 0 Å². The van der Waals surface area contributed by atoms with Crippen LogP contribution in [0.25, 0.3) is 0 Å². The number of methoxy groups -OCH3 is 1. The summed E-state index contributed by atoms with van der Waals surface area (Å²) in [6.07, 6.45) is 0.462. The van der Waals surface area contributed by atoms with Crippen molar-refractivity contribution in [1.82, 2.24) is 5.32 Å². The van der Waals surface area contributed by atoms with Crippen LogP contribution in [0.1, 0.15) is 12.8 Å². The highest BCUT2D eigenvalue weighted by Crippen LogP contribution is 2.17. The van der Waals surface area contributed by atoms with Crippen LogP contribution in [0.5, 0.6) is 5.75 Å². The van der Waals surface area contributed by atoms with E-state index in [9.17, 15) is 9.59 Å². The van der Waals surface area contributed by atoms with Crippen molar-refractivity contribution in [2.45, 2.75) is 12.8 Å². The summed E-state index contributed by atoms with van der Waals surface area (Å²) in [5, 5.41) is 11.1. The number of amides is 2. The smallest absolute Gasteiger partial charge is 0.321 e. The fraction of sp³-hybridized carbons (Fsp3) is 0.385. The first-order valence-electron chi connectivity index (χ1n) is 5.92. The van der Waals surface area contributed by atoms with Crippen molar-refractivity contribution >= 4 is 17.7 Å². The number of carboxylic acid groups (broad SMARTS) is 1. The van der Waals surface area contributed by atoms with Crippen molar-refractivity contribution in [3.63, 3.8) is 0 Å². The molecule has 1 aromatic carbocycles. The van der Waals surface area contributed by atoms with Crippen LogP contribution in [-0.2, 0) is 4.79 Å². The van der Waals surface area contributed by atoms with E-state index in [2.05, 4.69) is 5.32 Å². The first kappa shape index (κ1) is 14.8. The van der Waals surface area contributed by atoms with Gasteiger partial charge in [-0.15, -0.1) is 0 Å². The molecule has 2 N–H and O–H groups in total. The lowest BCUT2D eigenvalue weighted by Gasteiger charge is -2.18. The molecule has 0 bridgehead atoms. The second-order valence-corrected chi connectivity index (χ2v) is 3.99. The lowest BCUT2D eigenvalue weighted by Crippen LogP contribution is -2.37. The number of rotatable bonds is 6. The molecule has 0 aromatic heterocycles. The van der Waals surface area contributed by atoms with Gasteiger partial charge < -0.3 is 15.2 Å². The van der Waals surface area contributed by atoms with Gasteiger partial charge in [0.05, 0.1) is 7.11 Å². The van der Waals surface area contributed by atoms with Crippen molar-refractivity contribution in [2.24, 2.45) is 0 Å². The number of ether oxygens (including phenoxy) is 1.